The van der Waals surface area contributed by atoms with E-state index in [4.69, 9.17) is 4.74 Å². The Labute approximate surface area is 481 Å². The topological polar surface area (TPSA) is 471 Å². The SMILES string of the molecule is CCCCCC/C=C\CC(=O)N[C@H]1COC(=O)CNC(=O)C(CCCN([O-])C(C)=O)NC(=O)CNC(=O)[C@H](CO)NCC(CCCN([O-])C(C)=O)NC(=O)[C@H](CO)NC(=O)[C@@H](C(C)C)NC(=O)CNC(=O)C(CCCN([O-])C(C)=O)NC1=O. The first-order chi connectivity index (χ1) is 39.2. The van der Waals surface area contributed by atoms with Gasteiger partial charge in [-0.2, -0.15) is 0 Å². The third-order valence-corrected chi connectivity index (χ3v) is 12.5. The van der Waals surface area contributed by atoms with Crippen LogP contribution in [-0.4, -0.2) is 210 Å². The van der Waals surface area contributed by atoms with Crippen LogP contribution in [0.1, 0.15) is 119 Å². The quantitative estimate of drug-likeness (QED) is 0.0199. The number of carbonyl (C=O) groups excluding carboxylic acids is 13. The molecule has 0 spiro atoms. The highest BCUT2D eigenvalue weighted by Crippen LogP contribution is 2.08. The molecule has 0 radical (unpaired) electrons. The molecule has 1 heterocycles. The molecule has 1 saturated heterocycles. The number of hydrogen-bond acceptors (Lipinski definition) is 20. The van der Waals surface area contributed by atoms with Gasteiger partial charge in [0.15, 0.2) is 0 Å². The van der Waals surface area contributed by atoms with Gasteiger partial charge in [0, 0.05) is 59.4 Å². The van der Waals surface area contributed by atoms with Crippen LogP contribution in [0, 0.1) is 21.5 Å². The zero-order valence-electron chi connectivity index (χ0n) is 48.0. The fourth-order valence-corrected chi connectivity index (χ4v) is 7.68. The molecule has 12 N–H and O–H groups in total. The van der Waals surface area contributed by atoms with Gasteiger partial charge in [-0.05, 0) is 57.3 Å². The maximum atomic E-state index is 14.0. The van der Waals surface area contributed by atoms with Gasteiger partial charge < -0.3 is 98.9 Å². The molecule has 83 heavy (non-hydrogen) atoms. The second-order valence-electron chi connectivity index (χ2n) is 19.8. The van der Waals surface area contributed by atoms with Crippen LogP contribution >= 0.6 is 0 Å². The van der Waals surface area contributed by atoms with Gasteiger partial charge in [0.2, 0.25) is 70.9 Å². The molecule has 32 heteroatoms. The predicted octanol–water partition coefficient (Wildman–Crippen LogP) is -4.30. The van der Waals surface area contributed by atoms with E-state index in [0.717, 1.165) is 46.5 Å². The summed E-state index contributed by atoms with van der Waals surface area (Å²) in [7, 11) is 0. The summed E-state index contributed by atoms with van der Waals surface area (Å²) in [4.78, 5) is 170. The van der Waals surface area contributed by atoms with E-state index in [1.54, 1.807) is 12.2 Å². The lowest BCUT2D eigenvalue weighted by molar-refractivity contribution is -0.147. The van der Waals surface area contributed by atoms with Crippen LogP contribution in [-0.2, 0) is 67.1 Å². The monoisotopic (exact) mass is 1180 g/mol. The molecule has 470 valence electrons. The minimum Gasteiger partial charge on any atom is -0.756 e. The zero-order valence-corrected chi connectivity index (χ0v) is 48.0. The maximum Gasteiger partial charge on any atom is 0.325 e. The number of allylic oxidation sites excluding steroid dienone is 1. The Morgan fingerprint density at radius 3 is 1.60 bits per heavy atom. The largest absolute Gasteiger partial charge is 0.756 e. The summed E-state index contributed by atoms with van der Waals surface area (Å²) in [6, 6.07) is -10.5. The van der Waals surface area contributed by atoms with Gasteiger partial charge in [0.25, 0.3) is 0 Å². The molecule has 1 aliphatic rings. The molecule has 0 aliphatic carbocycles. The average molecular weight is 1180 g/mol. The minimum atomic E-state index is -1.74. The van der Waals surface area contributed by atoms with E-state index < -0.39 is 178 Å². The molecule has 0 aromatic carbocycles. The number of aliphatic hydroxyl groups excluding tert-OH is 2. The van der Waals surface area contributed by atoms with Gasteiger partial charge in [-0.25, -0.2) is 0 Å². The first kappa shape index (κ1) is 73.6. The average Bonchev–Trinajstić information content (AvgIpc) is 3.46. The fraction of sp³-hybridized carbons (Fsp3) is 0.706. The highest BCUT2D eigenvalue weighted by molar-refractivity contribution is 5.96. The number of rotatable bonds is 23. The lowest BCUT2D eigenvalue weighted by Crippen LogP contribution is -2.59. The minimum absolute atomic E-state index is 0.0284. The molecule has 0 aromatic heterocycles. The molecule has 0 aromatic rings. The van der Waals surface area contributed by atoms with E-state index in [-0.39, 0.29) is 73.2 Å². The van der Waals surface area contributed by atoms with E-state index in [9.17, 15) is 88.2 Å². The number of amides is 12. The lowest BCUT2D eigenvalue weighted by atomic mass is 10.0. The van der Waals surface area contributed by atoms with Crippen molar-refractivity contribution in [1.82, 2.24) is 68.4 Å². The van der Waals surface area contributed by atoms with E-state index in [0.29, 0.717) is 6.42 Å². The Morgan fingerprint density at radius 2 is 1.08 bits per heavy atom. The summed E-state index contributed by atoms with van der Waals surface area (Å²) in [5, 5.41) is 81.0. The highest BCUT2D eigenvalue weighted by Gasteiger charge is 2.32. The Balaban J connectivity index is 3.77. The summed E-state index contributed by atoms with van der Waals surface area (Å²) in [5.41, 5.74) is 0. The van der Waals surface area contributed by atoms with Gasteiger partial charge in [-0.1, -0.05) is 52.2 Å². The molecule has 12 amide bonds. The van der Waals surface area contributed by atoms with Crippen molar-refractivity contribution >= 4 is 76.9 Å². The van der Waals surface area contributed by atoms with Gasteiger partial charge in [-0.15, -0.1) is 0 Å². The number of nitrogens with zero attached hydrogens (tertiary/aromatic N) is 3. The standard InChI is InChI=1S/C51H84N13O19/c1-7-8-9-10-11-12-13-20-41(70)58-40-30-83-44(73)27-55-46(74)36(18-15-22-63(81)33(5)68)57-42(71)25-54-48(76)38(28-65)52-24-35(17-14-21-62(80)32(4)67)56-49(77)39(29-66)60-51(79)45(31(2)3)61-43(72)26-53-47(75)37(59-50(40)78)19-16-23-64(82)34(6)69/h12-13,31,35-40,45,52,65-66H,7-11,14-30H2,1-6H3,(H,53,75)(H,54,76)(H,55,74)(H,56,77)(H,57,71)(H,58,70)(H,59,78)(H,60,79)(H,61,72)/q-3/b13-12-/t35?,36?,37?,38-,39-,40-,45+/m0/s1. The fourth-order valence-electron chi connectivity index (χ4n) is 7.68. The molecular weight excluding hydrogens is 1100 g/mol. The summed E-state index contributed by atoms with van der Waals surface area (Å²) < 4.78 is 5.27. The summed E-state index contributed by atoms with van der Waals surface area (Å²) >= 11 is 0. The third kappa shape index (κ3) is 31.0. The molecule has 32 nitrogen and oxygen atoms in total. The van der Waals surface area contributed by atoms with E-state index in [1.807, 2.05) is 0 Å². The van der Waals surface area contributed by atoms with Crippen molar-refractivity contribution in [3.05, 3.63) is 27.8 Å². The number of cyclic esters (lactones) is 1. The first-order valence-corrected chi connectivity index (χ1v) is 27.5. The van der Waals surface area contributed by atoms with Crippen LogP contribution < -0.4 is 53.2 Å². The Bertz CT molecular complexity index is 2200. The molecular formula is C51H84N13O19-3. The smallest absolute Gasteiger partial charge is 0.325 e. The van der Waals surface area contributed by atoms with Crippen molar-refractivity contribution in [2.45, 2.75) is 161 Å². The van der Waals surface area contributed by atoms with Crippen molar-refractivity contribution in [3.8, 4) is 0 Å². The molecule has 1 fully saturated rings. The van der Waals surface area contributed by atoms with Crippen LogP contribution in [0.25, 0.3) is 0 Å². The number of hydrogen-bond donors (Lipinski definition) is 12. The van der Waals surface area contributed by atoms with Crippen molar-refractivity contribution in [1.29, 1.82) is 0 Å². The van der Waals surface area contributed by atoms with Crippen molar-refractivity contribution in [2.24, 2.45) is 5.92 Å². The number of ether oxygens (including phenoxy) is 1. The molecule has 0 bridgehead atoms. The third-order valence-electron chi connectivity index (χ3n) is 12.5. The highest BCUT2D eigenvalue weighted by atomic mass is 16.5. The second kappa shape index (κ2) is 40.7. The van der Waals surface area contributed by atoms with Crippen LogP contribution in [0.2, 0.25) is 0 Å². The summed E-state index contributed by atoms with van der Waals surface area (Å²) in [6.07, 6.45) is 6.48. The Hall–Kier alpha value is -7.39. The van der Waals surface area contributed by atoms with E-state index in [1.165, 1.54) is 13.8 Å². The van der Waals surface area contributed by atoms with Crippen LogP contribution in [0.3, 0.4) is 0 Å². The van der Waals surface area contributed by atoms with Gasteiger partial charge >= 0.3 is 5.97 Å². The van der Waals surface area contributed by atoms with Gasteiger partial charge in [-0.3, -0.25) is 62.3 Å². The lowest BCUT2D eigenvalue weighted by Gasteiger charge is -2.29. The van der Waals surface area contributed by atoms with E-state index in [2.05, 4.69) is 60.1 Å². The van der Waals surface area contributed by atoms with Gasteiger partial charge in [0.1, 0.15) is 49.4 Å². The molecule has 0 saturated carbocycles. The maximum absolute atomic E-state index is 14.0. The number of hydroxylamine groups is 6. The number of esters is 1. The molecule has 1 rings (SSSR count). The van der Waals surface area contributed by atoms with Crippen LogP contribution in [0.5, 0.6) is 0 Å². The number of aliphatic hydroxyl groups is 2. The predicted molar refractivity (Wildman–Crippen MR) is 295 cm³/mol. The van der Waals surface area contributed by atoms with E-state index >= 15 is 0 Å². The summed E-state index contributed by atoms with van der Waals surface area (Å²) in [5.74, 6) is -13.3. The zero-order chi connectivity index (χ0) is 62.6. The first-order valence-electron chi connectivity index (χ1n) is 27.5. The van der Waals surface area contributed by atoms with Crippen LogP contribution in [0.15, 0.2) is 12.2 Å². The molecule has 1 aliphatic heterocycles. The van der Waals surface area contributed by atoms with Crippen molar-refractivity contribution in [2.75, 3.05) is 65.6 Å². The Kier molecular flexibility index (Phi) is 36.1. The normalized spacial score (nSPS) is 22.0. The second-order valence-corrected chi connectivity index (χ2v) is 19.8. The molecule has 7 atom stereocenters. The van der Waals surface area contributed by atoms with Crippen molar-refractivity contribution in [3.63, 3.8) is 0 Å². The van der Waals surface area contributed by atoms with Crippen molar-refractivity contribution < 1.29 is 77.3 Å². The molecule has 3 unspecified atom stereocenters. The van der Waals surface area contributed by atoms with Crippen LogP contribution in [0.4, 0.5) is 0 Å². The van der Waals surface area contributed by atoms with Gasteiger partial charge in [0.05, 0.1) is 26.3 Å². The number of carbonyl (C=O) groups is 13. The Morgan fingerprint density at radius 1 is 0.590 bits per heavy atom. The number of unbranched alkanes of at least 4 members (excludes halogenated alkanes) is 4. The summed E-state index contributed by atoms with van der Waals surface area (Å²) in [6.45, 7) is 1.20. The number of nitrogens with one attached hydrogen (secondary N) is 10.